The second-order valence-electron chi connectivity index (χ2n) is 3.33. The van der Waals surface area contributed by atoms with Crippen LogP contribution in [-0.4, -0.2) is 16.5 Å². The molecule has 1 aromatic heterocycles. The molecule has 0 spiro atoms. The van der Waals surface area contributed by atoms with Gasteiger partial charge in [0, 0.05) is 18.2 Å². The van der Waals surface area contributed by atoms with E-state index in [9.17, 15) is 4.79 Å². The van der Waals surface area contributed by atoms with Gasteiger partial charge < -0.3 is 10.7 Å². The Kier molecular flexibility index (Phi) is 4.32. The molecule has 0 saturated carbocycles. The van der Waals surface area contributed by atoms with E-state index in [-0.39, 0.29) is 5.56 Å². The summed E-state index contributed by atoms with van der Waals surface area (Å²) in [5, 5.41) is 0. The topological polar surface area (TPSA) is 71.8 Å². The lowest BCUT2D eigenvalue weighted by molar-refractivity contribution is 0.763. The molecular weight excluding hydrogens is 178 g/mol. The van der Waals surface area contributed by atoms with Gasteiger partial charge in [-0.3, -0.25) is 4.79 Å². The van der Waals surface area contributed by atoms with Gasteiger partial charge in [-0.15, -0.1) is 0 Å². The summed E-state index contributed by atoms with van der Waals surface area (Å²) in [6, 6.07) is 1.55. The Morgan fingerprint density at radius 3 is 2.93 bits per heavy atom. The second-order valence-corrected chi connectivity index (χ2v) is 3.33. The maximum absolute atomic E-state index is 11.2. The van der Waals surface area contributed by atoms with Gasteiger partial charge in [0.15, 0.2) is 0 Å². The summed E-state index contributed by atoms with van der Waals surface area (Å²) in [6.07, 6.45) is 3.48. The van der Waals surface area contributed by atoms with Crippen LogP contribution in [0.1, 0.15) is 31.3 Å². The molecule has 14 heavy (non-hydrogen) atoms. The number of nitrogens with zero attached hydrogens (tertiary/aromatic N) is 1. The Labute approximate surface area is 83.6 Å². The summed E-state index contributed by atoms with van der Waals surface area (Å²) in [6.45, 7) is 2.70. The number of nitrogens with two attached hydrogens (primary N) is 1. The molecule has 0 fully saturated rings. The van der Waals surface area contributed by atoms with Crippen molar-refractivity contribution in [3.63, 3.8) is 0 Å². The van der Waals surface area contributed by atoms with Gasteiger partial charge in [0.1, 0.15) is 5.82 Å². The van der Waals surface area contributed by atoms with Crippen LogP contribution in [0.25, 0.3) is 0 Å². The van der Waals surface area contributed by atoms with Gasteiger partial charge in [-0.2, -0.15) is 0 Å². The van der Waals surface area contributed by atoms with Gasteiger partial charge in [0.05, 0.1) is 0 Å². The first kappa shape index (κ1) is 10.9. The number of hydrogen-bond donors (Lipinski definition) is 2. The van der Waals surface area contributed by atoms with Crippen molar-refractivity contribution in [1.82, 2.24) is 9.97 Å². The van der Waals surface area contributed by atoms with Crippen LogP contribution in [0.15, 0.2) is 10.9 Å². The van der Waals surface area contributed by atoms with Gasteiger partial charge in [-0.05, 0) is 25.8 Å². The van der Waals surface area contributed by atoms with Crippen LogP contribution in [0.4, 0.5) is 0 Å². The fourth-order valence-electron chi connectivity index (χ4n) is 1.33. The van der Waals surface area contributed by atoms with E-state index in [1.807, 2.05) is 0 Å². The van der Waals surface area contributed by atoms with Crippen LogP contribution in [0.3, 0.4) is 0 Å². The van der Waals surface area contributed by atoms with E-state index < -0.39 is 0 Å². The maximum atomic E-state index is 11.2. The molecule has 1 heterocycles. The third-order valence-corrected chi connectivity index (χ3v) is 1.97. The first-order chi connectivity index (χ1) is 6.76. The lowest BCUT2D eigenvalue weighted by Crippen LogP contribution is -2.13. The monoisotopic (exact) mass is 195 g/mol. The molecule has 0 aliphatic rings. The number of H-pyrrole nitrogens is 1. The maximum Gasteiger partial charge on any atom is 0.251 e. The molecular formula is C10H17N3O. The standard InChI is InChI=1S/C10H17N3O/c1-2-4-9-12-8(5-3-6-11)7-10(14)13-9/h7H,2-6,11H2,1H3,(H,12,13,14). The Balaban J connectivity index is 2.78. The number of aromatic nitrogens is 2. The quantitative estimate of drug-likeness (QED) is 0.723. The highest BCUT2D eigenvalue weighted by atomic mass is 16.1. The van der Waals surface area contributed by atoms with E-state index in [0.717, 1.165) is 37.2 Å². The zero-order valence-electron chi connectivity index (χ0n) is 8.55. The normalized spacial score (nSPS) is 10.4. The molecule has 4 heteroatoms. The van der Waals surface area contributed by atoms with Crippen LogP contribution in [0, 0.1) is 0 Å². The Morgan fingerprint density at radius 2 is 2.29 bits per heavy atom. The fraction of sp³-hybridized carbons (Fsp3) is 0.600. The smallest absolute Gasteiger partial charge is 0.251 e. The zero-order valence-corrected chi connectivity index (χ0v) is 8.55. The molecule has 0 radical (unpaired) electrons. The Hall–Kier alpha value is -1.16. The van der Waals surface area contributed by atoms with Gasteiger partial charge in [-0.1, -0.05) is 6.92 Å². The number of rotatable bonds is 5. The van der Waals surface area contributed by atoms with Crippen molar-refractivity contribution in [2.45, 2.75) is 32.6 Å². The highest BCUT2D eigenvalue weighted by Gasteiger charge is 1.99. The molecule has 0 unspecified atom stereocenters. The summed E-state index contributed by atoms with van der Waals surface area (Å²) < 4.78 is 0. The predicted octanol–water partition coefficient (Wildman–Crippen LogP) is 0.614. The van der Waals surface area contributed by atoms with Crippen molar-refractivity contribution < 1.29 is 0 Å². The molecule has 0 aliphatic carbocycles. The molecule has 0 aliphatic heterocycles. The van der Waals surface area contributed by atoms with Gasteiger partial charge in [0.25, 0.3) is 5.56 Å². The third-order valence-electron chi connectivity index (χ3n) is 1.97. The van der Waals surface area contributed by atoms with Gasteiger partial charge in [-0.25, -0.2) is 4.98 Å². The molecule has 0 saturated heterocycles. The van der Waals surface area contributed by atoms with E-state index in [4.69, 9.17) is 5.73 Å². The zero-order chi connectivity index (χ0) is 10.4. The van der Waals surface area contributed by atoms with E-state index in [0.29, 0.717) is 6.54 Å². The minimum absolute atomic E-state index is 0.0597. The number of aryl methyl sites for hydroxylation is 2. The summed E-state index contributed by atoms with van der Waals surface area (Å²) in [7, 11) is 0. The average molecular weight is 195 g/mol. The molecule has 1 aromatic rings. The first-order valence-corrected chi connectivity index (χ1v) is 5.05. The largest absolute Gasteiger partial charge is 0.330 e. The van der Waals surface area contributed by atoms with Crippen LogP contribution in [0.5, 0.6) is 0 Å². The van der Waals surface area contributed by atoms with Crippen molar-refractivity contribution in [2.24, 2.45) is 5.73 Å². The third kappa shape index (κ3) is 3.30. The first-order valence-electron chi connectivity index (χ1n) is 5.05. The lowest BCUT2D eigenvalue weighted by Gasteiger charge is -2.02. The van der Waals surface area contributed by atoms with Crippen LogP contribution in [0.2, 0.25) is 0 Å². The van der Waals surface area contributed by atoms with Gasteiger partial charge >= 0.3 is 0 Å². The highest BCUT2D eigenvalue weighted by Crippen LogP contribution is 1.98. The molecule has 78 valence electrons. The van der Waals surface area contributed by atoms with E-state index in [2.05, 4.69) is 16.9 Å². The van der Waals surface area contributed by atoms with Crippen LogP contribution < -0.4 is 11.3 Å². The van der Waals surface area contributed by atoms with E-state index in [1.165, 1.54) is 0 Å². The van der Waals surface area contributed by atoms with E-state index >= 15 is 0 Å². The van der Waals surface area contributed by atoms with Gasteiger partial charge in [0.2, 0.25) is 0 Å². The van der Waals surface area contributed by atoms with E-state index in [1.54, 1.807) is 6.07 Å². The highest BCUT2D eigenvalue weighted by molar-refractivity contribution is 5.03. The van der Waals surface area contributed by atoms with Crippen molar-refractivity contribution >= 4 is 0 Å². The lowest BCUT2D eigenvalue weighted by atomic mass is 10.2. The SMILES string of the molecule is CCCc1nc(CCCN)cc(=O)[nH]1. The molecule has 0 atom stereocenters. The summed E-state index contributed by atoms with van der Waals surface area (Å²) in [5.74, 6) is 0.784. The van der Waals surface area contributed by atoms with Crippen molar-refractivity contribution in [3.05, 3.63) is 27.9 Å². The molecule has 0 aromatic carbocycles. The number of hydrogen-bond acceptors (Lipinski definition) is 3. The minimum atomic E-state index is -0.0597. The number of nitrogens with one attached hydrogen (secondary N) is 1. The predicted molar refractivity (Wildman–Crippen MR) is 56.2 cm³/mol. The Bertz CT molecular complexity index is 332. The summed E-state index contributed by atoms with van der Waals surface area (Å²) in [4.78, 5) is 18.3. The van der Waals surface area contributed by atoms with Crippen molar-refractivity contribution in [3.8, 4) is 0 Å². The fourth-order valence-corrected chi connectivity index (χ4v) is 1.33. The number of aromatic amines is 1. The van der Waals surface area contributed by atoms with Crippen LogP contribution >= 0.6 is 0 Å². The van der Waals surface area contributed by atoms with Crippen molar-refractivity contribution in [1.29, 1.82) is 0 Å². The molecule has 0 amide bonds. The molecule has 0 bridgehead atoms. The van der Waals surface area contributed by atoms with Crippen LogP contribution in [-0.2, 0) is 12.8 Å². The summed E-state index contributed by atoms with van der Waals surface area (Å²) >= 11 is 0. The Morgan fingerprint density at radius 1 is 1.50 bits per heavy atom. The molecule has 4 nitrogen and oxygen atoms in total. The summed E-state index contributed by atoms with van der Waals surface area (Å²) in [5.41, 5.74) is 6.19. The molecule has 3 N–H and O–H groups in total. The second kappa shape index (κ2) is 5.54. The minimum Gasteiger partial charge on any atom is -0.330 e. The van der Waals surface area contributed by atoms with Crippen molar-refractivity contribution in [2.75, 3.05) is 6.54 Å². The average Bonchev–Trinajstić information content (AvgIpc) is 2.14. The molecule has 1 rings (SSSR count).